The number of phenolic OH excluding ortho intramolecular Hbond substituents is 1. The van der Waals surface area contributed by atoms with Gasteiger partial charge in [0.05, 0.1) is 5.56 Å². The molecule has 0 saturated heterocycles. The van der Waals surface area contributed by atoms with Crippen molar-refractivity contribution in [1.29, 1.82) is 0 Å². The van der Waals surface area contributed by atoms with Gasteiger partial charge < -0.3 is 10.8 Å². The van der Waals surface area contributed by atoms with E-state index in [9.17, 15) is 9.90 Å². The standard InChI is InChI=1S/C8H8BrNO2/c1-4(11)5-2-6(9)7(10)3-8(5)12/h2-3,12H,10H2,1H3. The molecule has 0 aliphatic rings. The number of ketones is 1. The van der Waals surface area contributed by atoms with Gasteiger partial charge in [0.15, 0.2) is 5.78 Å². The van der Waals surface area contributed by atoms with Gasteiger partial charge in [-0.1, -0.05) is 0 Å². The molecule has 0 heterocycles. The summed E-state index contributed by atoms with van der Waals surface area (Å²) in [5, 5.41) is 9.26. The summed E-state index contributed by atoms with van der Waals surface area (Å²) in [6, 6.07) is 2.85. The maximum absolute atomic E-state index is 10.9. The molecule has 0 fully saturated rings. The Labute approximate surface area is 78.3 Å². The number of aromatic hydroxyl groups is 1. The molecule has 0 saturated carbocycles. The number of anilines is 1. The van der Waals surface area contributed by atoms with Crippen LogP contribution in [0.25, 0.3) is 0 Å². The summed E-state index contributed by atoms with van der Waals surface area (Å²) >= 11 is 3.16. The molecule has 0 spiro atoms. The quantitative estimate of drug-likeness (QED) is 0.572. The molecule has 0 radical (unpaired) electrons. The molecule has 1 aromatic carbocycles. The molecule has 3 N–H and O–H groups in total. The maximum Gasteiger partial charge on any atom is 0.163 e. The Kier molecular flexibility index (Phi) is 2.38. The van der Waals surface area contributed by atoms with Crippen LogP contribution in [-0.4, -0.2) is 10.9 Å². The van der Waals surface area contributed by atoms with Crippen molar-refractivity contribution in [3.8, 4) is 5.75 Å². The van der Waals surface area contributed by atoms with Crippen molar-refractivity contribution < 1.29 is 9.90 Å². The van der Waals surface area contributed by atoms with Crippen LogP contribution in [0, 0.1) is 0 Å². The van der Waals surface area contributed by atoms with Crippen molar-refractivity contribution in [2.24, 2.45) is 0 Å². The smallest absolute Gasteiger partial charge is 0.163 e. The Bertz CT molecular complexity index is 336. The van der Waals surface area contributed by atoms with Crippen molar-refractivity contribution in [2.45, 2.75) is 6.92 Å². The third-order valence-electron chi connectivity index (χ3n) is 1.49. The molecule has 3 nitrogen and oxygen atoms in total. The Morgan fingerprint density at radius 1 is 1.58 bits per heavy atom. The molecular weight excluding hydrogens is 222 g/mol. The number of rotatable bonds is 1. The van der Waals surface area contributed by atoms with Crippen molar-refractivity contribution in [1.82, 2.24) is 0 Å². The summed E-state index contributed by atoms with van der Waals surface area (Å²) in [5.74, 6) is -0.267. The van der Waals surface area contributed by atoms with Gasteiger partial charge in [-0.2, -0.15) is 0 Å². The van der Waals surface area contributed by atoms with Crippen LogP contribution in [0.15, 0.2) is 16.6 Å². The summed E-state index contributed by atoms with van der Waals surface area (Å²) < 4.78 is 0.616. The molecule has 0 unspecified atom stereocenters. The average Bonchev–Trinajstić information content (AvgIpc) is 1.96. The minimum absolute atomic E-state index is 0.0804. The molecule has 12 heavy (non-hydrogen) atoms. The van der Waals surface area contributed by atoms with Crippen molar-refractivity contribution in [3.05, 3.63) is 22.2 Å². The van der Waals surface area contributed by atoms with Gasteiger partial charge in [-0.15, -0.1) is 0 Å². The first-order valence-corrected chi connectivity index (χ1v) is 4.10. The summed E-state index contributed by atoms with van der Waals surface area (Å²) in [7, 11) is 0. The fourth-order valence-electron chi connectivity index (χ4n) is 0.860. The van der Waals surface area contributed by atoms with Gasteiger partial charge in [-0.25, -0.2) is 0 Å². The Hall–Kier alpha value is -1.03. The van der Waals surface area contributed by atoms with E-state index in [4.69, 9.17) is 5.73 Å². The molecule has 4 heteroatoms. The molecule has 0 aromatic heterocycles. The Morgan fingerprint density at radius 2 is 2.17 bits per heavy atom. The van der Waals surface area contributed by atoms with E-state index in [0.717, 1.165) is 0 Å². The minimum atomic E-state index is -0.187. The van der Waals surface area contributed by atoms with Crippen LogP contribution in [0.3, 0.4) is 0 Å². The van der Waals surface area contributed by atoms with Gasteiger partial charge in [0, 0.05) is 16.2 Å². The highest BCUT2D eigenvalue weighted by Crippen LogP contribution is 2.28. The lowest BCUT2D eigenvalue weighted by Crippen LogP contribution is -1.95. The van der Waals surface area contributed by atoms with E-state index in [0.29, 0.717) is 10.2 Å². The van der Waals surface area contributed by atoms with Crippen LogP contribution >= 0.6 is 15.9 Å². The second-order valence-corrected chi connectivity index (χ2v) is 3.30. The van der Waals surface area contributed by atoms with Crippen molar-refractivity contribution >= 4 is 27.4 Å². The zero-order chi connectivity index (χ0) is 9.30. The third kappa shape index (κ3) is 1.58. The van der Waals surface area contributed by atoms with E-state index >= 15 is 0 Å². The van der Waals surface area contributed by atoms with E-state index in [1.165, 1.54) is 19.1 Å². The van der Waals surface area contributed by atoms with Gasteiger partial charge >= 0.3 is 0 Å². The zero-order valence-electron chi connectivity index (χ0n) is 6.47. The fraction of sp³-hybridized carbons (Fsp3) is 0.125. The number of phenols is 1. The van der Waals surface area contributed by atoms with Crippen LogP contribution < -0.4 is 5.73 Å². The van der Waals surface area contributed by atoms with Gasteiger partial charge in [0.25, 0.3) is 0 Å². The van der Waals surface area contributed by atoms with Crippen LogP contribution in [0.1, 0.15) is 17.3 Å². The summed E-state index contributed by atoms with van der Waals surface area (Å²) in [6.45, 7) is 1.39. The van der Waals surface area contributed by atoms with Crippen LogP contribution in [0.5, 0.6) is 5.75 Å². The number of halogens is 1. The van der Waals surface area contributed by atoms with E-state index in [-0.39, 0.29) is 17.1 Å². The highest BCUT2D eigenvalue weighted by Gasteiger charge is 2.08. The van der Waals surface area contributed by atoms with E-state index in [2.05, 4.69) is 15.9 Å². The molecule has 0 aliphatic heterocycles. The second-order valence-electron chi connectivity index (χ2n) is 2.45. The predicted molar refractivity (Wildman–Crippen MR) is 50.2 cm³/mol. The molecule has 1 rings (SSSR count). The number of benzene rings is 1. The van der Waals surface area contributed by atoms with Crippen LogP contribution in [0.2, 0.25) is 0 Å². The molecular formula is C8H8BrNO2. The lowest BCUT2D eigenvalue weighted by atomic mass is 10.1. The van der Waals surface area contributed by atoms with Crippen molar-refractivity contribution in [2.75, 3.05) is 5.73 Å². The predicted octanol–water partition coefficient (Wildman–Crippen LogP) is 1.94. The number of hydrogen-bond donors (Lipinski definition) is 2. The van der Waals surface area contributed by atoms with Crippen LogP contribution in [-0.2, 0) is 0 Å². The normalized spacial score (nSPS) is 9.83. The van der Waals surface area contributed by atoms with Gasteiger partial charge in [0.2, 0.25) is 0 Å². The zero-order valence-corrected chi connectivity index (χ0v) is 8.05. The number of carbonyl (C=O) groups is 1. The molecule has 64 valence electrons. The second kappa shape index (κ2) is 3.15. The molecule has 0 aliphatic carbocycles. The number of carbonyl (C=O) groups excluding carboxylic acids is 1. The van der Waals surface area contributed by atoms with E-state index in [1.54, 1.807) is 0 Å². The number of nitrogens with two attached hydrogens (primary N) is 1. The first kappa shape index (κ1) is 9.06. The van der Waals surface area contributed by atoms with Gasteiger partial charge in [-0.3, -0.25) is 4.79 Å². The summed E-state index contributed by atoms with van der Waals surface area (Å²) in [6.07, 6.45) is 0. The average molecular weight is 230 g/mol. The molecule has 1 aromatic rings. The maximum atomic E-state index is 10.9. The third-order valence-corrected chi connectivity index (χ3v) is 2.18. The first-order chi connectivity index (χ1) is 5.52. The molecule has 0 amide bonds. The number of hydrogen-bond acceptors (Lipinski definition) is 3. The highest BCUT2D eigenvalue weighted by atomic mass is 79.9. The van der Waals surface area contributed by atoms with E-state index < -0.39 is 0 Å². The van der Waals surface area contributed by atoms with Gasteiger partial charge in [-0.05, 0) is 28.9 Å². The Balaban J connectivity index is 3.33. The SMILES string of the molecule is CC(=O)c1cc(Br)c(N)cc1O. The minimum Gasteiger partial charge on any atom is -0.507 e. The molecule has 0 bridgehead atoms. The largest absolute Gasteiger partial charge is 0.507 e. The topological polar surface area (TPSA) is 63.3 Å². The first-order valence-electron chi connectivity index (χ1n) is 3.31. The lowest BCUT2D eigenvalue weighted by molar-refractivity contribution is 0.101. The monoisotopic (exact) mass is 229 g/mol. The van der Waals surface area contributed by atoms with Gasteiger partial charge in [0.1, 0.15) is 5.75 Å². The van der Waals surface area contributed by atoms with E-state index in [1.807, 2.05) is 0 Å². The summed E-state index contributed by atoms with van der Waals surface area (Å²) in [4.78, 5) is 10.9. The van der Waals surface area contributed by atoms with Crippen LogP contribution in [0.4, 0.5) is 5.69 Å². The lowest BCUT2D eigenvalue weighted by Gasteiger charge is -2.03. The number of Topliss-reactive ketones (excluding diaryl/α,β-unsaturated/α-hetero) is 1. The van der Waals surface area contributed by atoms with Crippen molar-refractivity contribution in [3.63, 3.8) is 0 Å². The number of nitrogen functional groups attached to an aromatic ring is 1. The highest BCUT2D eigenvalue weighted by molar-refractivity contribution is 9.10. The summed E-state index contributed by atoms with van der Waals surface area (Å²) in [5.41, 5.74) is 6.16. The molecule has 0 atom stereocenters. The Morgan fingerprint density at radius 3 is 2.67 bits per heavy atom. The fourth-order valence-corrected chi connectivity index (χ4v) is 1.20.